The molecule has 4 aliphatic heterocycles. The van der Waals surface area contributed by atoms with Gasteiger partial charge in [-0.3, -0.25) is 27.4 Å². The van der Waals surface area contributed by atoms with Crippen molar-refractivity contribution in [1.82, 2.24) is 78.1 Å². The number of imidazole rings is 4. The highest BCUT2D eigenvalue weighted by Crippen LogP contribution is 2.52. The fourth-order valence-electron chi connectivity index (χ4n) is 9.95. The van der Waals surface area contributed by atoms with E-state index in [4.69, 9.17) is 80.8 Å². The smallest absolute Gasteiger partial charge is 0.268 e. The van der Waals surface area contributed by atoms with Crippen molar-refractivity contribution >= 4 is 102 Å². The molecule has 0 amide bonds. The van der Waals surface area contributed by atoms with E-state index in [1.807, 2.05) is 0 Å². The average Bonchev–Trinajstić information content (AvgIpc) is 1.89. The Hall–Kier alpha value is -6.25. The number of aliphatic hydroxyl groups excluding tert-OH is 6. The second kappa shape index (κ2) is 22.8. The van der Waals surface area contributed by atoms with Crippen molar-refractivity contribution in [2.45, 2.75) is 98.2 Å². The van der Waals surface area contributed by atoms with E-state index in [0.29, 0.717) is 0 Å². The Morgan fingerprint density at radius 3 is 1.13 bits per heavy atom. The number of rotatable bonds is 20. The van der Waals surface area contributed by atoms with Gasteiger partial charge in [-0.2, -0.15) is 0 Å². The lowest BCUT2D eigenvalue weighted by Crippen LogP contribution is -2.38. The van der Waals surface area contributed by atoms with Crippen LogP contribution in [0.1, 0.15) is 24.9 Å². The van der Waals surface area contributed by atoms with Crippen molar-refractivity contribution in [3.63, 3.8) is 0 Å². The van der Waals surface area contributed by atoms with Crippen LogP contribution in [0.4, 0.5) is 23.3 Å². The number of ether oxygens (including phenoxy) is 4. The minimum atomic E-state index is -5.81. The number of fused-ring (bicyclic) bond motifs is 4. The highest BCUT2D eigenvalue weighted by Gasteiger charge is 2.53. The third kappa shape index (κ3) is 11.1. The minimum absolute atomic E-state index is 0.00188. The van der Waals surface area contributed by atoms with Crippen LogP contribution in [-0.4, -0.2) is 208 Å². The lowest BCUT2D eigenvalue weighted by Gasteiger charge is -2.34. The van der Waals surface area contributed by atoms with Gasteiger partial charge in [0.15, 0.2) is 70.8 Å². The van der Waals surface area contributed by atoms with Crippen LogP contribution in [0.2, 0.25) is 0 Å². The van der Waals surface area contributed by atoms with E-state index in [1.54, 1.807) is 0 Å². The minimum Gasteiger partial charge on any atom is -0.780 e. The number of hydrogen-bond donors (Lipinski definition) is 10. The van der Waals surface area contributed by atoms with Gasteiger partial charge in [0.05, 0.1) is 51.7 Å². The third-order valence-corrected chi connectivity index (χ3v) is 17.5. The number of phosphoric acid groups is 2. The lowest BCUT2D eigenvalue weighted by molar-refractivity contribution is -0.238. The Morgan fingerprint density at radius 2 is 0.753 bits per heavy atom. The first-order valence-electron chi connectivity index (χ1n) is 24.8. The quantitative estimate of drug-likeness (QED) is 0.0317. The van der Waals surface area contributed by atoms with E-state index in [9.17, 15) is 54.4 Å². The maximum Gasteiger partial charge on any atom is 0.268 e. The number of aliphatic hydroxyl groups is 6. The summed E-state index contributed by atoms with van der Waals surface area (Å²) < 4.78 is 88.4. The summed E-state index contributed by atoms with van der Waals surface area (Å²) >= 11 is 5.21. The van der Waals surface area contributed by atoms with E-state index in [-0.39, 0.29) is 67.9 Å². The highest BCUT2D eigenvalue weighted by molar-refractivity contribution is 8.06. The third-order valence-electron chi connectivity index (χ3n) is 14.0. The second-order valence-corrected chi connectivity index (χ2v) is 24.6. The number of anilines is 4. The molecule has 14 N–H and O–H groups in total. The summed E-state index contributed by atoms with van der Waals surface area (Å²) in [7, 11) is -11.5. The summed E-state index contributed by atoms with van der Waals surface area (Å²) in [5.74, 6) is -0.245. The van der Waals surface area contributed by atoms with Gasteiger partial charge in [-0.1, -0.05) is 11.8 Å². The van der Waals surface area contributed by atoms with Crippen LogP contribution in [-0.2, 0) is 67.0 Å². The van der Waals surface area contributed by atoms with Crippen molar-refractivity contribution in [1.29, 1.82) is 0 Å². The summed E-state index contributed by atoms with van der Waals surface area (Å²) in [5, 5.41) is 66.5. The van der Waals surface area contributed by atoms with Crippen molar-refractivity contribution < 1.29 is 101 Å². The molecule has 19 atom stereocenters. The molecule has 456 valence electrons. The molecule has 0 radical (unpaired) electrons. The Bertz CT molecular complexity index is 3950. The molecular formula is C40H46N20O21P3S-3. The Labute approximate surface area is 477 Å². The van der Waals surface area contributed by atoms with Crippen LogP contribution in [0, 0.1) is 0 Å². The summed E-state index contributed by atoms with van der Waals surface area (Å²) in [6.07, 6.45) is -18.7. The maximum absolute atomic E-state index is 14.0. The predicted molar refractivity (Wildman–Crippen MR) is 274 cm³/mol. The zero-order valence-corrected chi connectivity index (χ0v) is 46.2. The topological polar surface area (TPSA) is 595 Å². The number of phosphoric ester groups is 2. The Balaban J connectivity index is 0.749. The second-order valence-electron chi connectivity index (χ2n) is 19.2. The van der Waals surface area contributed by atoms with Crippen molar-refractivity contribution in [3.05, 3.63) is 50.6 Å². The Kier molecular flexibility index (Phi) is 15.8. The van der Waals surface area contributed by atoms with Crippen molar-refractivity contribution in [3.8, 4) is 0 Å². The molecule has 12 heterocycles. The number of nitrogen functional groups attached to an aromatic ring is 4. The van der Waals surface area contributed by atoms with Gasteiger partial charge in [-0.25, -0.2) is 59.8 Å². The van der Waals surface area contributed by atoms with Gasteiger partial charge in [0.2, 0.25) is 0 Å². The molecule has 0 bridgehead atoms. The fraction of sp³-hybridized carbons (Fsp3) is 0.500. The lowest BCUT2D eigenvalue weighted by atomic mass is 10.1. The monoisotopic (exact) mass is 1270 g/mol. The van der Waals surface area contributed by atoms with Crippen LogP contribution in [0.25, 0.3) is 44.7 Å². The summed E-state index contributed by atoms with van der Waals surface area (Å²) in [6.45, 7) is -8.61. The molecule has 4 aliphatic rings. The van der Waals surface area contributed by atoms with Gasteiger partial charge in [-0.05, 0) is 0 Å². The zero-order chi connectivity index (χ0) is 60.0. The van der Waals surface area contributed by atoms with E-state index in [1.165, 1.54) is 21.8 Å². The summed E-state index contributed by atoms with van der Waals surface area (Å²) in [5.41, 5.74) is 24.2. The SMILES string of the molecule is Nc1ncnc2c1ncn2[C@@H]1O[C@H](COP(=O)([O-])O[C@@H]2[C@H](O)[C@@H](COP(=O)([O-])O[C@@H]3[C@H](O)[C@@H](COP([O-])(=S)O[C@@H]4[C@H](O)[C@@H](CO)O[C@H]4n4cnc5c(N)ncnc54)O[C@H]3n3cnc4c(N)ncnc43)O[C@H]2n2cnc3c(N)ncnc32)[C@@H](O)[C@H]1O. The van der Waals surface area contributed by atoms with Gasteiger partial charge in [0.25, 0.3) is 15.6 Å². The molecule has 0 spiro atoms. The van der Waals surface area contributed by atoms with Crippen LogP contribution in [0.3, 0.4) is 0 Å². The summed E-state index contributed by atoms with van der Waals surface area (Å²) in [6, 6.07) is 0. The number of aromatic nitrogens is 16. The molecule has 0 aromatic carbocycles. The molecule has 4 saturated heterocycles. The molecule has 0 saturated carbocycles. The first kappa shape index (κ1) is 59.1. The van der Waals surface area contributed by atoms with Crippen LogP contribution in [0.5, 0.6) is 0 Å². The standard InChI is InChI=1S/C40H49N20O21P3S/c41-29-17-33(49-5-45-29)57(9-53-17)37-25(66)21(62)14(76-37)2-72-82(67,68)79-26-23(64)15(77-38(26)58-10-54-18-30(42)46-6-50-34(18)58)3-73-83(69,70)80-27-24(65)16(78-39(27)59-11-55-19-31(43)47-7-51-35(19)59)4-74-84(71,85)81-28-22(63)13(1-61)75-40(28)60-12-56-20-32(44)48-8-52-36(20)60/h5-16,21-28,37-40,61-66H,1-4H2,(H,67,68)(H,69,70)(H,71,85)(H2,41,45,49)(H2,42,46,50)(H2,43,47,51)(H2,44,48,52)/p-3/t13-,14-,15-,16-,21-,22-,23-,24-,25-,26-,27-,28-,37-,38-,39-,40-,84?/m1/s1. The molecule has 12 rings (SSSR count). The van der Waals surface area contributed by atoms with Gasteiger partial charge < -0.3 is 114 Å². The van der Waals surface area contributed by atoms with E-state index in [2.05, 4.69) is 59.8 Å². The first-order valence-corrected chi connectivity index (χ1v) is 30.3. The van der Waals surface area contributed by atoms with Gasteiger partial charge in [0, 0.05) is 0 Å². The molecule has 45 heteroatoms. The largest absolute Gasteiger partial charge is 0.780 e. The number of nitrogens with zero attached hydrogens (tertiary/aromatic N) is 16. The molecule has 85 heavy (non-hydrogen) atoms. The van der Waals surface area contributed by atoms with Crippen LogP contribution >= 0.6 is 22.4 Å². The number of hydrogen-bond acceptors (Lipinski definition) is 38. The molecule has 8 aromatic rings. The van der Waals surface area contributed by atoms with Gasteiger partial charge >= 0.3 is 0 Å². The first-order chi connectivity index (χ1) is 40.5. The Morgan fingerprint density at radius 1 is 0.447 bits per heavy atom. The molecule has 8 aromatic heterocycles. The molecule has 0 aliphatic carbocycles. The predicted octanol–water partition coefficient (Wildman–Crippen LogP) is -6.21. The van der Waals surface area contributed by atoms with Crippen molar-refractivity contribution in [2.75, 3.05) is 49.4 Å². The number of nitrogens with two attached hydrogens (primary N) is 4. The van der Waals surface area contributed by atoms with E-state index in [0.717, 1.165) is 47.1 Å². The van der Waals surface area contributed by atoms with Crippen LogP contribution in [0.15, 0.2) is 50.6 Å². The van der Waals surface area contributed by atoms with Crippen molar-refractivity contribution in [2.24, 2.45) is 0 Å². The summed E-state index contributed by atoms with van der Waals surface area (Å²) in [4.78, 5) is 90.2. The van der Waals surface area contributed by atoms with Gasteiger partial charge in [-0.15, -0.1) is 0 Å². The van der Waals surface area contributed by atoms with Crippen LogP contribution < -0.4 is 37.6 Å². The molecule has 3 unspecified atom stereocenters. The zero-order valence-electron chi connectivity index (χ0n) is 42.7. The van der Waals surface area contributed by atoms with Gasteiger partial charge in [0.1, 0.15) is 127 Å². The van der Waals surface area contributed by atoms with E-state index >= 15 is 0 Å². The van der Waals surface area contributed by atoms with E-state index < -0.39 is 147 Å². The highest BCUT2D eigenvalue weighted by atomic mass is 32.5. The average molecular weight is 1270 g/mol. The maximum atomic E-state index is 14.0. The fourth-order valence-corrected chi connectivity index (χ4v) is 13.2. The normalized spacial score (nSPS) is 32.0. The molecule has 4 fully saturated rings. The molecular weight excluding hydrogens is 1220 g/mol. The molecule has 41 nitrogen and oxygen atoms in total.